The Balaban J connectivity index is 2.24. The van der Waals surface area contributed by atoms with E-state index in [2.05, 4.69) is 0 Å². The van der Waals surface area contributed by atoms with Gasteiger partial charge in [0.25, 0.3) is 0 Å². The molecule has 0 aromatic heterocycles. The minimum atomic E-state index is -2.83. The van der Waals surface area contributed by atoms with Crippen LogP contribution in [-0.2, 0) is 9.84 Å². The molecule has 0 bridgehead atoms. The fraction of sp³-hybridized carbons (Fsp3) is 0.857. The van der Waals surface area contributed by atoms with Gasteiger partial charge in [-0.2, -0.15) is 0 Å². The summed E-state index contributed by atoms with van der Waals surface area (Å²) < 4.78 is 22.6. The highest BCUT2D eigenvalue weighted by atomic mass is 32.2. The summed E-state index contributed by atoms with van der Waals surface area (Å²) in [6.07, 6.45) is 0. The molecule has 2 aliphatic rings. The Morgan fingerprint density at radius 2 is 2.31 bits per heavy atom. The van der Waals surface area contributed by atoms with Crippen LogP contribution in [0.5, 0.6) is 0 Å². The van der Waals surface area contributed by atoms with Crippen molar-refractivity contribution >= 4 is 26.8 Å². The number of hydrogen-bond donors (Lipinski definition) is 1. The Hall–Kier alpha value is -0.230. The fourth-order valence-corrected chi connectivity index (χ4v) is 5.83. The molecule has 0 aromatic carbocycles. The van der Waals surface area contributed by atoms with Crippen molar-refractivity contribution < 1.29 is 8.42 Å². The molecule has 2 fully saturated rings. The lowest BCUT2D eigenvalue weighted by molar-refractivity contribution is 0.373. The number of amidine groups is 1. The molecule has 2 saturated heterocycles. The predicted octanol–water partition coefficient (Wildman–Crippen LogP) is 0.155. The molecular weight excluding hydrogens is 208 g/mol. The molecule has 2 heterocycles. The molecule has 2 rings (SSSR count). The van der Waals surface area contributed by atoms with Gasteiger partial charge >= 0.3 is 0 Å². The Bertz CT molecular complexity index is 338. The van der Waals surface area contributed by atoms with E-state index >= 15 is 0 Å². The summed E-state index contributed by atoms with van der Waals surface area (Å²) in [7, 11) is -2.83. The maximum absolute atomic E-state index is 11.3. The zero-order chi connectivity index (χ0) is 9.64. The number of sulfone groups is 1. The van der Waals surface area contributed by atoms with Crippen LogP contribution in [0.15, 0.2) is 0 Å². The molecule has 2 atom stereocenters. The first-order valence-corrected chi connectivity index (χ1v) is 6.96. The summed E-state index contributed by atoms with van der Waals surface area (Å²) in [6, 6.07) is 0.0625. The van der Waals surface area contributed by atoms with Gasteiger partial charge in [-0.3, -0.25) is 5.41 Å². The summed E-state index contributed by atoms with van der Waals surface area (Å²) in [5, 5.41) is 8.27. The number of fused-ring (bicyclic) bond motifs is 1. The summed E-state index contributed by atoms with van der Waals surface area (Å²) in [4.78, 5) is 1.89. The molecule has 0 amide bonds. The highest BCUT2D eigenvalue weighted by Gasteiger charge is 2.47. The molecule has 13 heavy (non-hydrogen) atoms. The van der Waals surface area contributed by atoms with Gasteiger partial charge in [-0.25, -0.2) is 8.42 Å². The zero-order valence-corrected chi connectivity index (χ0v) is 8.99. The van der Waals surface area contributed by atoms with E-state index in [-0.39, 0.29) is 22.8 Å². The van der Waals surface area contributed by atoms with E-state index in [0.717, 1.165) is 6.54 Å². The van der Waals surface area contributed by atoms with Crippen molar-refractivity contribution in [2.24, 2.45) is 0 Å². The second-order valence-corrected chi connectivity index (χ2v) is 6.77. The van der Waals surface area contributed by atoms with Gasteiger partial charge < -0.3 is 4.90 Å². The third-order valence-corrected chi connectivity index (χ3v) is 5.71. The number of rotatable bonds is 1. The molecule has 0 unspecified atom stereocenters. The molecule has 4 nitrogen and oxygen atoms in total. The monoisotopic (exact) mass is 220 g/mol. The number of nitrogens with zero attached hydrogens (tertiary/aromatic N) is 1. The van der Waals surface area contributed by atoms with Gasteiger partial charge in [0.15, 0.2) is 15.0 Å². The Morgan fingerprint density at radius 3 is 2.92 bits per heavy atom. The van der Waals surface area contributed by atoms with E-state index in [9.17, 15) is 8.42 Å². The van der Waals surface area contributed by atoms with Gasteiger partial charge in [0, 0.05) is 11.8 Å². The fourth-order valence-electron chi connectivity index (χ4n) is 1.94. The van der Waals surface area contributed by atoms with Gasteiger partial charge in [0.05, 0.1) is 17.5 Å². The van der Waals surface area contributed by atoms with Crippen molar-refractivity contribution in [3.8, 4) is 0 Å². The molecule has 0 aliphatic carbocycles. The van der Waals surface area contributed by atoms with Crippen LogP contribution in [-0.4, -0.2) is 47.8 Å². The van der Waals surface area contributed by atoms with Crippen molar-refractivity contribution in [1.82, 2.24) is 4.90 Å². The lowest BCUT2D eigenvalue weighted by Crippen LogP contribution is -2.36. The van der Waals surface area contributed by atoms with Crippen molar-refractivity contribution in [1.29, 1.82) is 5.41 Å². The van der Waals surface area contributed by atoms with Crippen molar-refractivity contribution in [3.63, 3.8) is 0 Å². The van der Waals surface area contributed by atoms with E-state index in [4.69, 9.17) is 5.41 Å². The SMILES string of the molecule is CCN1C(=N)S[C@@H]2CS(=O)(=O)C[C@H]21. The molecular formula is C7H12N2O2S2. The topological polar surface area (TPSA) is 61.2 Å². The second kappa shape index (κ2) is 2.88. The van der Waals surface area contributed by atoms with Crippen molar-refractivity contribution in [3.05, 3.63) is 0 Å². The van der Waals surface area contributed by atoms with Gasteiger partial charge in [0.2, 0.25) is 0 Å². The van der Waals surface area contributed by atoms with Crippen LogP contribution in [0, 0.1) is 5.41 Å². The summed E-state index contributed by atoms with van der Waals surface area (Å²) in [5.74, 6) is 0.488. The summed E-state index contributed by atoms with van der Waals surface area (Å²) >= 11 is 1.40. The van der Waals surface area contributed by atoms with E-state index in [0.29, 0.717) is 5.17 Å². The molecule has 0 saturated carbocycles. The lowest BCUT2D eigenvalue weighted by Gasteiger charge is -2.21. The van der Waals surface area contributed by atoms with E-state index in [1.165, 1.54) is 11.8 Å². The first-order chi connectivity index (χ1) is 6.03. The van der Waals surface area contributed by atoms with Crippen LogP contribution in [0.3, 0.4) is 0 Å². The van der Waals surface area contributed by atoms with Crippen LogP contribution >= 0.6 is 11.8 Å². The van der Waals surface area contributed by atoms with Gasteiger partial charge in [-0.1, -0.05) is 11.8 Å². The van der Waals surface area contributed by atoms with E-state index in [1.54, 1.807) is 0 Å². The maximum atomic E-state index is 11.3. The van der Waals surface area contributed by atoms with Gasteiger partial charge in [0.1, 0.15) is 0 Å². The predicted molar refractivity (Wildman–Crippen MR) is 53.9 cm³/mol. The Kier molecular flexibility index (Phi) is 2.07. The molecule has 2 aliphatic heterocycles. The molecule has 0 aromatic rings. The van der Waals surface area contributed by atoms with E-state index < -0.39 is 9.84 Å². The van der Waals surface area contributed by atoms with E-state index in [1.807, 2.05) is 11.8 Å². The normalized spacial score (nSPS) is 36.7. The number of thioether (sulfide) groups is 1. The second-order valence-electron chi connectivity index (χ2n) is 3.39. The van der Waals surface area contributed by atoms with Crippen LogP contribution in [0.25, 0.3) is 0 Å². The minimum absolute atomic E-state index is 0.0625. The third-order valence-electron chi connectivity index (χ3n) is 2.54. The molecule has 74 valence electrons. The van der Waals surface area contributed by atoms with Crippen LogP contribution in [0.4, 0.5) is 0 Å². The van der Waals surface area contributed by atoms with Gasteiger partial charge in [-0.15, -0.1) is 0 Å². The minimum Gasteiger partial charge on any atom is -0.347 e. The van der Waals surface area contributed by atoms with Crippen molar-refractivity contribution in [2.75, 3.05) is 18.1 Å². The summed E-state index contributed by atoms with van der Waals surface area (Å²) in [5.41, 5.74) is 0. The first kappa shape index (κ1) is 9.33. The standard InChI is InChI=1S/C7H12N2O2S2/c1-2-9-5-3-13(10,11)4-6(5)12-7(9)8/h5-6,8H,2-4H2,1H3/t5-,6-/m1/s1. The smallest absolute Gasteiger partial charge is 0.157 e. The summed E-state index contributed by atoms with van der Waals surface area (Å²) in [6.45, 7) is 2.70. The van der Waals surface area contributed by atoms with Crippen LogP contribution in [0.2, 0.25) is 0 Å². The maximum Gasteiger partial charge on any atom is 0.157 e. The molecule has 6 heteroatoms. The first-order valence-electron chi connectivity index (χ1n) is 4.26. The third kappa shape index (κ3) is 1.46. The lowest BCUT2D eigenvalue weighted by atomic mass is 10.2. The van der Waals surface area contributed by atoms with Crippen LogP contribution in [0.1, 0.15) is 6.92 Å². The Morgan fingerprint density at radius 1 is 1.62 bits per heavy atom. The Labute approximate surface area is 82.1 Å². The number of hydrogen-bond acceptors (Lipinski definition) is 4. The average molecular weight is 220 g/mol. The average Bonchev–Trinajstić information content (AvgIpc) is 2.39. The quantitative estimate of drug-likeness (QED) is 0.683. The van der Waals surface area contributed by atoms with Crippen molar-refractivity contribution in [2.45, 2.75) is 18.2 Å². The molecule has 0 radical (unpaired) electrons. The molecule has 1 N–H and O–H groups in total. The van der Waals surface area contributed by atoms with Crippen LogP contribution < -0.4 is 0 Å². The molecule has 0 spiro atoms. The highest BCUT2D eigenvalue weighted by molar-refractivity contribution is 8.15. The number of nitrogens with one attached hydrogen (secondary N) is 1. The highest BCUT2D eigenvalue weighted by Crippen LogP contribution is 2.36. The van der Waals surface area contributed by atoms with Gasteiger partial charge in [-0.05, 0) is 6.92 Å². The largest absolute Gasteiger partial charge is 0.347 e. The zero-order valence-electron chi connectivity index (χ0n) is 7.36.